The number of anilines is 2. The minimum absolute atomic E-state index is 0.0992. The number of hydrogen-bond acceptors (Lipinski definition) is 10. The zero-order chi connectivity index (χ0) is 26.4. The third-order valence-corrected chi connectivity index (χ3v) is 6.25. The van der Waals surface area contributed by atoms with Crippen LogP contribution < -0.4 is 20.9 Å². The maximum atomic E-state index is 13.4. The second-order valence-electron chi connectivity index (χ2n) is 8.71. The minimum Gasteiger partial charge on any atom is -0.493 e. The van der Waals surface area contributed by atoms with E-state index in [4.69, 9.17) is 20.9 Å². The first kappa shape index (κ1) is 25.9. The molecular formula is C27H32N6O4. The number of methoxy groups -OCH3 is 2. The Morgan fingerprint density at radius 2 is 1.89 bits per heavy atom. The van der Waals surface area contributed by atoms with Gasteiger partial charge in [0.05, 0.1) is 26.3 Å². The van der Waals surface area contributed by atoms with Crippen molar-refractivity contribution in [2.45, 2.75) is 25.9 Å². The molecule has 0 saturated carbocycles. The van der Waals surface area contributed by atoms with Gasteiger partial charge in [-0.3, -0.25) is 4.79 Å². The first-order chi connectivity index (χ1) is 17.9. The summed E-state index contributed by atoms with van der Waals surface area (Å²) in [5.41, 5.74) is 15.9. The van der Waals surface area contributed by atoms with Crippen LogP contribution in [0.15, 0.2) is 54.9 Å². The lowest BCUT2D eigenvalue weighted by molar-refractivity contribution is -0.0115. The molecule has 10 nitrogen and oxygen atoms in total. The average molecular weight is 505 g/mol. The Bertz CT molecular complexity index is 1300. The molecule has 0 fully saturated rings. The molecule has 3 aromatic rings. The monoisotopic (exact) mass is 504 g/mol. The summed E-state index contributed by atoms with van der Waals surface area (Å²) in [7, 11) is 3.03. The van der Waals surface area contributed by atoms with Crippen LogP contribution in [0, 0.1) is 0 Å². The summed E-state index contributed by atoms with van der Waals surface area (Å²) in [5, 5.41) is 13.5. The van der Waals surface area contributed by atoms with E-state index < -0.39 is 0 Å². The molecule has 0 spiro atoms. The Kier molecular flexibility index (Phi) is 8.22. The molecule has 0 atom stereocenters. The molecule has 37 heavy (non-hydrogen) atoms. The van der Waals surface area contributed by atoms with Crippen LogP contribution in [0.25, 0.3) is 0 Å². The molecule has 194 valence electrons. The van der Waals surface area contributed by atoms with Crippen LogP contribution in [0.2, 0.25) is 0 Å². The van der Waals surface area contributed by atoms with E-state index in [1.54, 1.807) is 24.5 Å². The predicted molar refractivity (Wildman–Crippen MR) is 141 cm³/mol. The first-order valence-electron chi connectivity index (χ1n) is 12.0. The number of nitrogen functional groups attached to an aromatic ring is 2. The minimum atomic E-state index is -0.237. The van der Waals surface area contributed by atoms with Gasteiger partial charge in [-0.1, -0.05) is 24.3 Å². The van der Waals surface area contributed by atoms with Crippen molar-refractivity contribution in [2.75, 3.05) is 38.8 Å². The molecule has 2 aromatic carbocycles. The number of ketones is 1. The number of carbonyl (C=O) groups excluding carboxylic acids is 1. The van der Waals surface area contributed by atoms with Gasteiger partial charge >= 0.3 is 0 Å². The van der Waals surface area contributed by atoms with E-state index in [2.05, 4.69) is 27.1 Å². The molecule has 10 heteroatoms. The molecule has 0 amide bonds. The van der Waals surface area contributed by atoms with Crippen molar-refractivity contribution in [2.24, 2.45) is 0 Å². The Morgan fingerprint density at radius 1 is 1.14 bits per heavy atom. The highest BCUT2D eigenvalue weighted by molar-refractivity contribution is 6.07. The smallest absolute Gasteiger partial charge is 0.221 e. The Balaban J connectivity index is 1.62. The number of benzene rings is 2. The van der Waals surface area contributed by atoms with Gasteiger partial charge in [0.2, 0.25) is 5.95 Å². The summed E-state index contributed by atoms with van der Waals surface area (Å²) in [5.74, 6) is 0.928. The number of fused-ring (bicyclic) bond motifs is 1. The summed E-state index contributed by atoms with van der Waals surface area (Å²) in [6.07, 6.45) is 5.90. The first-order valence-corrected chi connectivity index (χ1v) is 12.0. The summed E-state index contributed by atoms with van der Waals surface area (Å²) >= 11 is 0. The average Bonchev–Trinajstić information content (AvgIpc) is 2.91. The van der Waals surface area contributed by atoms with Gasteiger partial charge in [0.25, 0.3) is 0 Å². The number of rotatable bonds is 10. The van der Waals surface area contributed by atoms with Crippen LogP contribution >= 0.6 is 0 Å². The lowest BCUT2D eigenvalue weighted by Gasteiger charge is -2.39. The van der Waals surface area contributed by atoms with Gasteiger partial charge in [-0.15, -0.1) is 0 Å². The Morgan fingerprint density at radius 3 is 2.57 bits per heavy atom. The van der Waals surface area contributed by atoms with Gasteiger partial charge in [0, 0.05) is 50.2 Å². The third kappa shape index (κ3) is 5.99. The van der Waals surface area contributed by atoms with E-state index in [1.165, 1.54) is 31.4 Å². The van der Waals surface area contributed by atoms with Gasteiger partial charge in [-0.2, -0.15) is 4.98 Å². The molecule has 1 aromatic heterocycles. The number of allylic oxidation sites excluding steroid dienone is 1. The molecule has 5 N–H and O–H groups in total. The van der Waals surface area contributed by atoms with E-state index in [0.717, 1.165) is 5.56 Å². The van der Waals surface area contributed by atoms with Crippen molar-refractivity contribution in [1.82, 2.24) is 20.0 Å². The fourth-order valence-corrected chi connectivity index (χ4v) is 4.38. The highest BCUT2D eigenvalue weighted by Gasteiger charge is 2.22. The molecule has 0 bridgehead atoms. The second-order valence-corrected chi connectivity index (χ2v) is 8.71. The number of ether oxygens (including phenoxy) is 2. The molecule has 0 radical (unpaired) electrons. The standard InChI is InChI=1S/C27H32N6O4/c1-36-24-14-18(12-21-15-30-27(29)31-26(21)28)13-22(25(24)37-2)23(35)8-10-33-17-20-7-4-3-6-19(20)16-32(33)9-5-11-34/h3-4,6-8,10,13-15,34H,5,9,11-12,16-17H2,1-2H3,(H4,28,29,30,31)/b10-8+. The van der Waals surface area contributed by atoms with Crippen LogP contribution in [-0.2, 0) is 19.5 Å². The maximum absolute atomic E-state index is 13.4. The van der Waals surface area contributed by atoms with E-state index in [9.17, 15) is 9.90 Å². The number of nitrogens with two attached hydrogens (primary N) is 2. The molecule has 4 rings (SSSR count). The van der Waals surface area contributed by atoms with E-state index in [1.807, 2.05) is 17.1 Å². The van der Waals surface area contributed by atoms with E-state index in [-0.39, 0.29) is 24.2 Å². The highest BCUT2D eigenvalue weighted by Crippen LogP contribution is 2.34. The number of hydrazine groups is 1. The lowest BCUT2D eigenvalue weighted by Crippen LogP contribution is -2.42. The van der Waals surface area contributed by atoms with Crippen LogP contribution in [0.3, 0.4) is 0 Å². The molecule has 0 aliphatic carbocycles. The lowest BCUT2D eigenvalue weighted by atomic mass is 10.00. The Labute approximate surface area is 216 Å². The van der Waals surface area contributed by atoms with Crippen LogP contribution in [0.5, 0.6) is 11.5 Å². The molecule has 0 unspecified atom stereocenters. The van der Waals surface area contributed by atoms with Crippen molar-refractivity contribution >= 4 is 17.5 Å². The van der Waals surface area contributed by atoms with Gasteiger partial charge in [-0.25, -0.2) is 9.99 Å². The number of hydrogen-bond donors (Lipinski definition) is 3. The zero-order valence-electron chi connectivity index (χ0n) is 21.1. The molecule has 2 heterocycles. The molecule has 1 aliphatic rings. The molecule has 1 aliphatic heterocycles. The van der Waals surface area contributed by atoms with Crippen LogP contribution in [0.4, 0.5) is 11.8 Å². The second kappa shape index (κ2) is 11.7. The summed E-state index contributed by atoms with van der Waals surface area (Å²) in [6.45, 7) is 2.10. The van der Waals surface area contributed by atoms with E-state index in [0.29, 0.717) is 55.1 Å². The normalized spacial score (nSPS) is 13.5. The largest absolute Gasteiger partial charge is 0.493 e. The number of aliphatic hydroxyl groups is 1. The van der Waals surface area contributed by atoms with Crippen molar-refractivity contribution in [3.05, 3.63) is 82.7 Å². The quantitative estimate of drug-likeness (QED) is 0.279. The van der Waals surface area contributed by atoms with Crippen molar-refractivity contribution in [1.29, 1.82) is 0 Å². The highest BCUT2D eigenvalue weighted by atomic mass is 16.5. The van der Waals surface area contributed by atoms with Gasteiger partial charge < -0.3 is 31.1 Å². The maximum Gasteiger partial charge on any atom is 0.221 e. The number of aliphatic hydroxyl groups excluding tert-OH is 1. The molecular weight excluding hydrogens is 472 g/mol. The fourth-order valence-electron chi connectivity index (χ4n) is 4.38. The summed E-state index contributed by atoms with van der Waals surface area (Å²) in [4.78, 5) is 21.5. The van der Waals surface area contributed by atoms with Crippen LogP contribution in [-0.4, -0.2) is 58.2 Å². The third-order valence-electron chi connectivity index (χ3n) is 6.25. The Hall–Kier alpha value is -4.15. The summed E-state index contributed by atoms with van der Waals surface area (Å²) < 4.78 is 11.1. The number of carbonyl (C=O) groups is 1. The fraction of sp³-hybridized carbons (Fsp3) is 0.296. The SMILES string of the molecule is COc1cc(Cc2cnc(N)nc2N)cc(C(=O)/C=C/N2Cc3ccccc3CN2CCCO)c1OC. The zero-order valence-corrected chi connectivity index (χ0v) is 21.1. The summed E-state index contributed by atoms with van der Waals surface area (Å²) in [6, 6.07) is 11.8. The van der Waals surface area contributed by atoms with Crippen LogP contribution in [0.1, 0.15) is 39.0 Å². The van der Waals surface area contributed by atoms with Crippen molar-refractivity contribution in [3.8, 4) is 11.5 Å². The van der Waals surface area contributed by atoms with Crippen molar-refractivity contribution in [3.63, 3.8) is 0 Å². The van der Waals surface area contributed by atoms with E-state index >= 15 is 0 Å². The molecule has 0 saturated heterocycles. The van der Waals surface area contributed by atoms with Gasteiger partial charge in [0.1, 0.15) is 5.82 Å². The number of aromatic nitrogens is 2. The predicted octanol–water partition coefficient (Wildman–Crippen LogP) is 2.56. The van der Waals surface area contributed by atoms with Gasteiger partial charge in [0.15, 0.2) is 17.3 Å². The topological polar surface area (TPSA) is 140 Å². The van der Waals surface area contributed by atoms with Gasteiger partial charge in [-0.05, 0) is 35.2 Å². The van der Waals surface area contributed by atoms with Crippen molar-refractivity contribution < 1.29 is 19.4 Å². The number of nitrogens with zero attached hydrogens (tertiary/aromatic N) is 4.